The highest BCUT2D eigenvalue weighted by atomic mass is 32.5. The number of unbranched alkanes of at least 4 members (excludes halogenated alkanes) is 11. The fourth-order valence-corrected chi connectivity index (χ4v) is 3.51. The van der Waals surface area contributed by atoms with Crippen molar-refractivity contribution in [1.82, 2.24) is 0 Å². The largest absolute Gasteiger partial charge is 0.463 e. The van der Waals surface area contributed by atoms with Crippen LogP contribution in [0, 0.1) is 0 Å². The predicted molar refractivity (Wildman–Crippen MR) is 126 cm³/mol. The lowest BCUT2D eigenvalue weighted by molar-refractivity contribution is -0.148. The molecule has 0 rings (SSSR count). The average molecular weight is 467 g/mol. The quantitative estimate of drug-likeness (QED) is 0.0956. The third-order valence-corrected chi connectivity index (χ3v) is 5.64. The van der Waals surface area contributed by atoms with Crippen LogP contribution in [0.15, 0.2) is 12.2 Å². The number of hydrogen-bond acceptors (Lipinski definition) is 5. The van der Waals surface area contributed by atoms with Gasteiger partial charge in [-0.15, -0.1) is 0 Å². The van der Waals surface area contributed by atoms with E-state index in [9.17, 15) is 4.79 Å². The lowest BCUT2D eigenvalue weighted by Crippen LogP contribution is -2.25. The first-order valence-electron chi connectivity index (χ1n) is 11.4. The molecule has 0 aromatic heterocycles. The van der Waals surface area contributed by atoms with Crippen molar-refractivity contribution in [3.05, 3.63) is 12.2 Å². The Morgan fingerprint density at radius 1 is 0.900 bits per heavy atom. The Morgan fingerprint density at radius 3 is 1.97 bits per heavy atom. The van der Waals surface area contributed by atoms with Crippen LogP contribution in [-0.2, 0) is 30.6 Å². The minimum absolute atomic E-state index is 0.00966. The van der Waals surface area contributed by atoms with Crippen LogP contribution in [0.25, 0.3) is 0 Å². The highest BCUT2D eigenvalue weighted by Crippen LogP contribution is 2.36. The Kier molecular flexibility index (Phi) is 20.4. The number of allylic oxidation sites excluding steroid dienone is 2. The molecule has 0 aliphatic rings. The zero-order valence-electron chi connectivity index (χ0n) is 18.9. The van der Waals surface area contributed by atoms with Crippen LogP contribution in [0.5, 0.6) is 0 Å². The smallest absolute Gasteiger partial charge is 0.321 e. The highest BCUT2D eigenvalue weighted by molar-refractivity contribution is 8.06. The molecule has 1 atom stereocenters. The molecule has 178 valence electrons. The molecule has 6 nitrogen and oxygen atoms in total. The van der Waals surface area contributed by atoms with E-state index in [0.717, 1.165) is 25.7 Å². The van der Waals surface area contributed by atoms with Crippen molar-refractivity contribution >= 4 is 24.5 Å². The normalized spacial score (nSPS) is 13.1. The van der Waals surface area contributed by atoms with Gasteiger partial charge in [0.25, 0.3) is 0 Å². The van der Waals surface area contributed by atoms with E-state index in [-0.39, 0.29) is 19.2 Å². The molecule has 2 N–H and O–H groups in total. The third-order valence-electron chi connectivity index (χ3n) is 4.83. The molecule has 0 aliphatic carbocycles. The van der Waals surface area contributed by atoms with Crippen LogP contribution in [0.3, 0.4) is 0 Å². The molecule has 0 spiro atoms. The lowest BCUT2D eigenvalue weighted by Gasteiger charge is -2.17. The van der Waals surface area contributed by atoms with Crippen molar-refractivity contribution in [2.75, 3.05) is 20.3 Å². The van der Waals surface area contributed by atoms with Gasteiger partial charge >= 0.3 is 12.7 Å². The van der Waals surface area contributed by atoms with Gasteiger partial charge in [0.1, 0.15) is 12.7 Å². The number of esters is 1. The van der Waals surface area contributed by atoms with Gasteiger partial charge in [0.2, 0.25) is 0 Å². The number of methoxy groups -OCH3 is 1. The van der Waals surface area contributed by atoms with E-state index in [0.29, 0.717) is 6.42 Å². The zero-order valence-corrected chi connectivity index (χ0v) is 20.6. The minimum Gasteiger partial charge on any atom is -0.463 e. The summed E-state index contributed by atoms with van der Waals surface area (Å²) in [6, 6.07) is 0. The lowest BCUT2D eigenvalue weighted by atomic mass is 10.1. The molecule has 0 aromatic rings. The molecule has 0 fully saturated rings. The van der Waals surface area contributed by atoms with E-state index >= 15 is 0 Å². The Hall–Kier alpha value is -0.300. The van der Waals surface area contributed by atoms with Crippen molar-refractivity contribution in [3.63, 3.8) is 0 Å². The van der Waals surface area contributed by atoms with Crippen molar-refractivity contribution in [1.29, 1.82) is 0 Å². The number of carbonyl (C=O) groups is 1. The van der Waals surface area contributed by atoms with E-state index in [1.54, 1.807) is 0 Å². The van der Waals surface area contributed by atoms with Gasteiger partial charge in [-0.05, 0) is 43.9 Å². The maximum Gasteiger partial charge on any atom is 0.321 e. The summed E-state index contributed by atoms with van der Waals surface area (Å²) < 4.78 is 14.9. The van der Waals surface area contributed by atoms with Crippen molar-refractivity contribution in [2.24, 2.45) is 0 Å². The van der Waals surface area contributed by atoms with Crippen molar-refractivity contribution < 1.29 is 28.6 Å². The number of ether oxygens (including phenoxy) is 2. The summed E-state index contributed by atoms with van der Waals surface area (Å²) in [5.74, 6) is -0.276. The molecule has 0 aliphatic heterocycles. The summed E-state index contributed by atoms with van der Waals surface area (Å²) in [6.45, 7) is -1.58. The first-order valence-corrected chi connectivity index (χ1v) is 14.0. The summed E-state index contributed by atoms with van der Waals surface area (Å²) in [4.78, 5) is 29.8. The van der Waals surface area contributed by atoms with Crippen LogP contribution < -0.4 is 0 Å². The average Bonchev–Trinajstić information content (AvgIpc) is 2.70. The standard InChI is InChI=1S/C22H43O6PS/c1-3-4-5-6-7-8-9-10-11-12-13-14-15-16-17-18-22(23)27-19-21(26-2)20-28-29(24,25)30/h10-11,21H,3-9,12-20H2,1-2H3,(H2,24,25,30)/b11-10-/t21-/m1/s1. The van der Waals surface area contributed by atoms with Gasteiger partial charge in [-0.2, -0.15) is 0 Å². The topological polar surface area (TPSA) is 85.2 Å². The van der Waals surface area contributed by atoms with E-state index in [1.165, 1.54) is 64.9 Å². The molecule has 0 bridgehead atoms. The van der Waals surface area contributed by atoms with Gasteiger partial charge in [-0.25, -0.2) is 0 Å². The Morgan fingerprint density at radius 2 is 1.43 bits per heavy atom. The molecule has 0 aromatic carbocycles. The molecular weight excluding hydrogens is 423 g/mol. The number of hydrogen-bond donors (Lipinski definition) is 2. The molecule has 0 saturated carbocycles. The van der Waals surface area contributed by atoms with Gasteiger partial charge in [0.05, 0.1) is 6.61 Å². The highest BCUT2D eigenvalue weighted by Gasteiger charge is 2.16. The first kappa shape index (κ1) is 29.7. The van der Waals surface area contributed by atoms with E-state index < -0.39 is 12.8 Å². The van der Waals surface area contributed by atoms with Crippen molar-refractivity contribution in [2.45, 2.75) is 103 Å². The van der Waals surface area contributed by atoms with Gasteiger partial charge in [-0.3, -0.25) is 4.79 Å². The molecule has 0 saturated heterocycles. The zero-order chi connectivity index (χ0) is 22.5. The van der Waals surface area contributed by atoms with E-state index in [1.807, 2.05) is 0 Å². The molecule has 0 amide bonds. The van der Waals surface area contributed by atoms with Gasteiger partial charge < -0.3 is 23.8 Å². The SMILES string of the molecule is CCCCCCCC/C=C\CCCCCCCC(=O)OC[C@H](COP(O)(O)=S)OC. The van der Waals surface area contributed by atoms with Crippen LogP contribution in [0.2, 0.25) is 0 Å². The fraction of sp³-hybridized carbons (Fsp3) is 0.864. The maximum atomic E-state index is 11.8. The fourth-order valence-electron chi connectivity index (χ4n) is 2.96. The number of carbonyl (C=O) groups excluding carboxylic acids is 1. The summed E-state index contributed by atoms with van der Waals surface area (Å²) in [5, 5.41) is 0. The Labute approximate surface area is 188 Å². The van der Waals surface area contributed by atoms with Crippen LogP contribution in [-0.4, -0.2) is 42.2 Å². The Bertz CT molecular complexity index is 480. The first-order chi connectivity index (χ1) is 14.4. The second-order valence-corrected chi connectivity index (χ2v) is 10.3. The molecule has 0 heterocycles. The summed E-state index contributed by atoms with van der Waals surface area (Å²) in [6.07, 6.45) is 20.3. The second-order valence-electron chi connectivity index (χ2n) is 7.66. The van der Waals surface area contributed by atoms with Gasteiger partial charge in [-0.1, -0.05) is 70.4 Å². The summed E-state index contributed by atoms with van der Waals surface area (Å²) in [5.41, 5.74) is 0. The van der Waals surface area contributed by atoms with Gasteiger partial charge in [0.15, 0.2) is 0 Å². The van der Waals surface area contributed by atoms with Gasteiger partial charge in [0, 0.05) is 13.5 Å². The van der Waals surface area contributed by atoms with E-state index in [4.69, 9.17) is 23.8 Å². The monoisotopic (exact) mass is 466 g/mol. The summed E-state index contributed by atoms with van der Waals surface area (Å²) >= 11 is 4.37. The number of rotatable bonds is 21. The predicted octanol–water partition coefficient (Wildman–Crippen LogP) is 5.81. The van der Waals surface area contributed by atoms with Crippen molar-refractivity contribution in [3.8, 4) is 0 Å². The summed E-state index contributed by atoms with van der Waals surface area (Å²) in [7, 11) is 1.43. The Balaban J connectivity index is 3.47. The second kappa shape index (κ2) is 20.6. The molecule has 0 radical (unpaired) electrons. The molecule has 30 heavy (non-hydrogen) atoms. The minimum atomic E-state index is -3.72. The van der Waals surface area contributed by atoms with E-state index in [2.05, 4.69) is 30.9 Å². The maximum absolute atomic E-state index is 11.8. The van der Waals surface area contributed by atoms with Crippen LogP contribution in [0.1, 0.15) is 96.8 Å². The molecular formula is C22H43O6PS. The molecule has 8 heteroatoms. The van der Waals surface area contributed by atoms with Crippen LogP contribution >= 0.6 is 6.72 Å². The van der Waals surface area contributed by atoms with Crippen LogP contribution in [0.4, 0.5) is 0 Å². The molecule has 0 unspecified atom stereocenters. The third kappa shape index (κ3) is 22.4.